The summed E-state index contributed by atoms with van der Waals surface area (Å²) in [7, 11) is 0. The molecule has 0 spiro atoms. The lowest BCUT2D eigenvalue weighted by molar-refractivity contribution is 0.627. The summed E-state index contributed by atoms with van der Waals surface area (Å²) in [6.45, 7) is 0. The van der Waals surface area contributed by atoms with Gasteiger partial charge in [-0.25, -0.2) is 9.37 Å². The van der Waals surface area contributed by atoms with Crippen LogP contribution < -0.4 is 0 Å². The van der Waals surface area contributed by atoms with E-state index in [-0.39, 0.29) is 5.82 Å². The van der Waals surface area contributed by atoms with Crippen LogP contribution in [-0.2, 0) is 0 Å². The Bertz CT molecular complexity index is 704. The highest BCUT2D eigenvalue weighted by atomic mass is 79.9. The molecule has 2 aromatic carbocycles. The van der Waals surface area contributed by atoms with Gasteiger partial charge in [-0.05, 0) is 56.1 Å². The molecule has 1 heterocycles. The van der Waals surface area contributed by atoms with Gasteiger partial charge in [-0.15, -0.1) is 0 Å². The first kappa shape index (κ1) is 11.9. The summed E-state index contributed by atoms with van der Waals surface area (Å²) in [5.74, 6) is 0.337. The van der Waals surface area contributed by atoms with E-state index >= 15 is 0 Å². The number of hydrogen-bond donors (Lipinski definition) is 1. The molecule has 1 aromatic heterocycles. The molecule has 0 fully saturated rings. The number of rotatable bonds is 1. The van der Waals surface area contributed by atoms with Crippen LogP contribution in [0.3, 0.4) is 0 Å². The van der Waals surface area contributed by atoms with Crippen LogP contribution >= 0.6 is 31.9 Å². The minimum absolute atomic E-state index is 0.305. The zero-order valence-corrected chi connectivity index (χ0v) is 12.2. The van der Waals surface area contributed by atoms with E-state index in [2.05, 4.69) is 41.8 Å². The normalized spacial score (nSPS) is 11.1. The van der Waals surface area contributed by atoms with Crippen molar-refractivity contribution >= 4 is 42.9 Å². The second kappa shape index (κ2) is 4.48. The second-order valence-electron chi connectivity index (χ2n) is 3.85. The van der Waals surface area contributed by atoms with Gasteiger partial charge in [0, 0.05) is 14.5 Å². The molecule has 0 aliphatic rings. The standard InChI is InChI=1S/C13H7Br2FN2/c14-9-6-7(16)5-8(12(9)15)13-17-10-3-1-2-4-11(10)18-13/h1-6H,(H,17,18). The van der Waals surface area contributed by atoms with Crippen molar-refractivity contribution in [3.05, 3.63) is 51.2 Å². The van der Waals surface area contributed by atoms with Gasteiger partial charge in [-0.1, -0.05) is 12.1 Å². The van der Waals surface area contributed by atoms with Crippen LogP contribution in [-0.4, -0.2) is 9.97 Å². The van der Waals surface area contributed by atoms with Crippen molar-refractivity contribution < 1.29 is 4.39 Å². The highest BCUT2D eigenvalue weighted by Gasteiger charge is 2.12. The second-order valence-corrected chi connectivity index (χ2v) is 5.50. The average Bonchev–Trinajstić information content (AvgIpc) is 2.77. The molecule has 0 saturated heterocycles. The van der Waals surface area contributed by atoms with Crippen LogP contribution in [0.5, 0.6) is 0 Å². The highest BCUT2D eigenvalue weighted by molar-refractivity contribution is 9.13. The Labute approximate surface area is 119 Å². The molecule has 0 bridgehead atoms. The van der Waals surface area contributed by atoms with Gasteiger partial charge >= 0.3 is 0 Å². The number of H-pyrrole nitrogens is 1. The zero-order chi connectivity index (χ0) is 12.7. The van der Waals surface area contributed by atoms with Gasteiger partial charge in [0.2, 0.25) is 0 Å². The summed E-state index contributed by atoms with van der Waals surface area (Å²) in [4.78, 5) is 7.63. The summed E-state index contributed by atoms with van der Waals surface area (Å²) >= 11 is 6.74. The first-order valence-electron chi connectivity index (χ1n) is 5.25. The summed E-state index contributed by atoms with van der Waals surface area (Å²) in [5, 5.41) is 0. The third-order valence-corrected chi connectivity index (χ3v) is 4.65. The van der Waals surface area contributed by atoms with E-state index < -0.39 is 0 Å². The molecule has 0 unspecified atom stereocenters. The number of aromatic amines is 1. The average molecular weight is 370 g/mol. The first-order valence-corrected chi connectivity index (χ1v) is 6.83. The quantitative estimate of drug-likeness (QED) is 0.607. The van der Waals surface area contributed by atoms with Crippen molar-refractivity contribution in [3.63, 3.8) is 0 Å². The van der Waals surface area contributed by atoms with E-state index in [1.54, 1.807) is 0 Å². The maximum atomic E-state index is 13.5. The summed E-state index contributed by atoms with van der Waals surface area (Å²) in [6.07, 6.45) is 0. The third kappa shape index (κ3) is 1.97. The fourth-order valence-corrected chi connectivity index (χ4v) is 2.66. The predicted molar refractivity (Wildman–Crippen MR) is 76.9 cm³/mol. The Hall–Kier alpha value is -1.20. The summed E-state index contributed by atoms with van der Waals surface area (Å²) < 4.78 is 14.9. The number of para-hydroxylation sites is 2. The first-order chi connectivity index (χ1) is 8.65. The number of benzene rings is 2. The van der Waals surface area contributed by atoms with E-state index in [9.17, 15) is 4.39 Å². The molecule has 2 nitrogen and oxygen atoms in total. The molecule has 0 amide bonds. The number of hydrogen-bond acceptors (Lipinski definition) is 1. The Morgan fingerprint density at radius 3 is 2.67 bits per heavy atom. The van der Waals surface area contributed by atoms with Crippen LogP contribution in [0.1, 0.15) is 0 Å². The van der Waals surface area contributed by atoms with E-state index in [0.29, 0.717) is 15.9 Å². The van der Waals surface area contributed by atoms with Crippen molar-refractivity contribution in [3.8, 4) is 11.4 Å². The lowest BCUT2D eigenvalue weighted by Crippen LogP contribution is -1.86. The van der Waals surface area contributed by atoms with E-state index in [0.717, 1.165) is 15.5 Å². The number of nitrogens with zero attached hydrogens (tertiary/aromatic N) is 1. The Morgan fingerprint density at radius 2 is 1.89 bits per heavy atom. The zero-order valence-electron chi connectivity index (χ0n) is 9.05. The Morgan fingerprint density at radius 1 is 1.11 bits per heavy atom. The molecule has 3 rings (SSSR count). The Kier molecular flexibility index (Phi) is 2.95. The largest absolute Gasteiger partial charge is 0.338 e. The van der Waals surface area contributed by atoms with Crippen LogP contribution in [0.2, 0.25) is 0 Å². The monoisotopic (exact) mass is 368 g/mol. The lowest BCUT2D eigenvalue weighted by Gasteiger charge is -2.03. The third-order valence-electron chi connectivity index (χ3n) is 2.64. The molecule has 0 atom stereocenters. The van der Waals surface area contributed by atoms with Crippen LogP contribution in [0, 0.1) is 5.82 Å². The van der Waals surface area contributed by atoms with E-state index in [4.69, 9.17) is 0 Å². The van der Waals surface area contributed by atoms with Crippen molar-refractivity contribution in [2.45, 2.75) is 0 Å². The van der Waals surface area contributed by atoms with E-state index in [1.165, 1.54) is 12.1 Å². The Balaban J connectivity index is 2.26. The van der Waals surface area contributed by atoms with Crippen molar-refractivity contribution in [2.24, 2.45) is 0 Å². The highest BCUT2D eigenvalue weighted by Crippen LogP contribution is 2.34. The number of halogens is 3. The number of imidazole rings is 1. The van der Waals surface area contributed by atoms with Gasteiger partial charge < -0.3 is 4.98 Å². The van der Waals surface area contributed by atoms with Gasteiger partial charge in [-0.3, -0.25) is 0 Å². The van der Waals surface area contributed by atoms with Crippen molar-refractivity contribution in [1.29, 1.82) is 0 Å². The van der Waals surface area contributed by atoms with Gasteiger partial charge in [-0.2, -0.15) is 0 Å². The molecule has 0 aliphatic heterocycles. The van der Waals surface area contributed by atoms with Crippen LogP contribution in [0.15, 0.2) is 45.3 Å². The maximum absolute atomic E-state index is 13.5. The molecular weight excluding hydrogens is 363 g/mol. The van der Waals surface area contributed by atoms with Crippen molar-refractivity contribution in [1.82, 2.24) is 9.97 Å². The lowest BCUT2D eigenvalue weighted by atomic mass is 10.2. The number of aromatic nitrogens is 2. The van der Waals surface area contributed by atoms with Gasteiger partial charge in [0.25, 0.3) is 0 Å². The van der Waals surface area contributed by atoms with Crippen LogP contribution in [0.25, 0.3) is 22.4 Å². The molecule has 0 aliphatic carbocycles. The number of fused-ring (bicyclic) bond motifs is 1. The molecular formula is C13H7Br2FN2. The van der Waals surface area contributed by atoms with E-state index in [1.807, 2.05) is 24.3 Å². The molecule has 0 radical (unpaired) electrons. The molecule has 18 heavy (non-hydrogen) atoms. The summed E-state index contributed by atoms with van der Waals surface area (Å²) in [6, 6.07) is 10.6. The molecule has 3 aromatic rings. The fraction of sp³-hybridized carbons (Fsp3) is 0. The van der Waals surface area contributed by atoms with Gasteiger partial charge in [0.1, 0.15) is 11.6 Å². The fourth-order valence-electron chi connectivity index (χ4n) is 1.81. The van der Waals surface area contributed by atoms with Crippen LogP contribution in [0.4, 0.5) is 4.39 Å². The molecule has 5 heteroatoms. The van der Waals surface area contributed by atoms with Crippen molar-refractivity contribution in [2.75, 3.05) is 0 Å². The topological polar surface area (TPSA) is 28.7 Å². The molecule has 0 saturated carbocycles. The predicted octanol–water partition coefficient (Wildman–Crippen LogP) is 4.89. The SMILES string of the molecule is Fc1cc(Br)c(Br)c(-c2nc3ccccc3[nH]2)c1. The van der Waals surface area contributed by atoms with Gasteiger partial charge in [0.15, 0.2) is 0 Å². The molecule has 1 N–H and O–H groups in total. The minimum Gasteiger partial charge on any atom is -0.338 e. The summed E-state index contributed by atoms with van der Waals surface area (Å²) in [5.41, 5.74) is 2.48. The molecule has 90 valence electrons. The van der Waals surface area contributed by atoms with Gasteiger partial charge in [0.05, 0.1) is 11.0 Å². The maximum Gasteiger partial charge on any atom is 0.139 e. The minimum atomic E-state index is -0.305. The smallest absolute Gasteiger partial charge is 0.139 e. The number of nitrogens with one attached hydrogen (secondary N) is 1.